The van der Waals surface area contributed by atoms with Crippen LogP contribution in [0, 0.1) is 6.92 Å². The third kappa shape index (κ3) is 3.26. The minimum atomic E-state index is 0.500. The molecule has 3 heteroatoms. The van der Waals surface area contributed by atoms with Gasteiger partial charge in [-0.25, -0.2) is 0 Å². The van der Waals surface area contributed by atoms with Crippen LogP contribution in [-0.4, -0.2) is 7.11 Å². The molecule has 0 amide bonds. The molecule has 2 aromatic carbocycles. The molecule has 0 radical (unpaired) electrons. The first-order valence-corrected chi connectivity index (χ1v) is 6.50. The highest BCUT2D eigenvalue weighted by Crippen LogP contribution is 2.24. The van der Waals surface area contributed by atoms with E-state index in [9.17, 15) is 0 Å². The molecule has 94 valence electrons. The number of hydrogen-bond acceptors (Lipinski definition) is 2. The standard InChI is InChI=1S/C15H15BrO2/c1-11-3-7-14(8-4-11)18-10-12-5-6-13(16)9-15(12)17-2/h3-9H,10H2,1-2H3. The van der Waals surface area contributed by atoms with E-state index in [2.05, 4.69) is 22.9 Å². The molecule has 0 aliphatic rings. The second kappa shape index (κ2) is 5.91. The van der Waals surface area contributed by atoms with Crippen LogP contribution in [0.3, 0.4) is 0 Å². The highest BCUT2D eigenvalue weighted by atomic mass is 79.9. The first kappa shape index (κ1) is 13.0. The summed E-state index contributed by atoms with van der Waals surface area (Å²) in [4.78, 5) is 0. The van der Waals surface area contributed by atoms with Gasteiger partial charge in [-0.1, -0.05) is 39.7 Å². The van der Waals surface area contributed by atoms with Gasteiger partial charge in [-0.05, 0) is 31.2 Å². The molecule has 18 heavy (non-hydrogen) atoms. The van der Waals surface area contributed by atoms with Gasteiger partial charge in [0.15, 0.2) is 0 Å². The van der Waals surface area contributed by atoms with E-state index in [-0.39, 0.29) is 0 Å². The lowest BCUT2D eigenvalue weighted by Crippen LogP contribution is -1.98. The van der Waals surface area contributed by atoms with Gasteiger partial charge in [0, 0.05) is 10.0 Å². The van der Waals surface area contributed by atoms with E-state index >= 15 is 0 Å². The van der Waals surface area contributed by atoms with Crippen molar-refractivity contribution < 1.29 is 9.47 Å². The van der Waals surface area contributed by atoms with Crippen LogP contribution in [0.4, 0.5) is 0 Å². The summed E-state index contributed by atoms with van der Waals surface area (Å²) >= 11 is 3.42. The molecule has 0 aliphatic carbocycles. The van der Waals surface area contributed by atoms with E-state index in [1.807, 2.05) is 42.5 Å². The lowest BCUT2D eigenvalue weighted by Gasteiger charge is -2.10. The van der Waals surface area contributed by atoms with Crippen molar-refractivity contribution in [2.45, 2.75) is 13.5 Å². The summed E-state index contributed by atoms with van der Waals surface area (Å²) in [5.41, 5.74) is 2.25. The summed E-state index contributed by atoms with van der Waals surface area (Å²) in [6.07, 6.45) is 0. The number of benzene rings is 2. The van der Waals surface area contributed by atoms with Gasteiger partial charge in [0.25, 0.3) is 0 Å². The summed E-state index contributed by atoms with van der Waals surface area (Å²) < 4.78 is 12.1. The SMILES string of the molecule is COc1cc(Br)ccc1COc1ccc(C)cc1. The molecule has 0 aromatic heterocycles. The average molecular weight is 307 g/mol. The van der Waals surface area contributed by atoms with E-state index in [0.29, 0.717) is 6.61 Å². The number of methoxy groups -OCH3 is 1. The van der Waals surface area contributed by atoms with E-state index in [0.717, 1.165) is 21.5 Å². The van der Waals surface area contributed by atoms with Crippen molar-refractivity contribution in [2.24, 2.45) is 0 Å². The Bertz CT molecular complexity index is 521. The molecule has 0 spiro atoms. The van der Waals surface area contributed by atoms with Gasteiger partial charge < -0.3 is 9.47 Å². The third-order valence-corrected chi connectivity index (χ3v) is 3.16. The van der Waals surface area contributed by atoms with Crippen molar-refractivity contribution >= 4 is 15.9 Å². The molecule has 0 aliphatic heterocycles. The zero-order valence-electron chi connectivity index (χ0n) is 10.4. The Morgan fingerprint density at radius 1 is 1.06 bits per heavy atom. The van der Waals surface area contributed by atoms with Crippen LogP contribution in [0.5, 0.6) is 11.5 Å². The van der Waals surface area contributed by atoms with E-state index in [4.69, 9.17) is 9.47 Å². The van der Waals surface area contributed by atoms with Gasteiger partial charge in [0.05, 0.1) is 7.11 Å². The topological polar surface area (TPSA) is 18.5 Å². The number of hydrogen-bond donors (Lipinski definition) is 0. The van der Waals surface area contributed by atoms with E-state index in [1.54, 1.807) is 7.11 Å². The molecular weight excluding hydrogens is 292 g/mol. The summed E-state index contributed by atoms with van der Waals surface area (Å²) in [6, 6.07) is 13.9. The van der Waals surface area contributed by atoms with E-state index in [1.165, 1.54) is 5.56 Å². The van der Waals surface area contributed by atoms with Crippen LogP contribution < -0.4 is 9.47 Å². The quantitative estimate of drug-likeness (QED) is 0.836. The maximum Gasteiger partial charge on any atom is 0.126 e. The molecular formula is C15H15BrO2. The molecule has 0 unspecified atom stereocenters. The molecule has 0 N–H and O–H groups in total. The van der Waals surface area contributed by atoms with Gasteiger partial charge in [-0.2, -0.15) is 0 Å². The predicted molar refractivity (Wildman–Crippen MR) is 76.2 cm³/mol. The summed E-state index contributed by atoms with van der Waals surface area (Å²) in [5, 5.41) is 0. The molecule has 0 saturated heterocycles. The number of rotatable bonds is 4. The summed E-state index contributed by atoms with van der Waals surface area (Å²) in [6.45, 7) is 2.56. The summed E-state index contributed by atoms with van der Waals surface area (Å²) in [5.74, 6) is 1.70. The number of halogens is 1. The Hall–Kier alpha value is -1.48. The van der Waals surface area contributed by atoms with Gasteiger partial charge in [-0.3, -0.25) is 0 Å². The Labute approximate surface area is 116 Å². The first-order valence-electron chi connectivity index (χ1n) is 5.71. The zero-order valence-corrected chi connectivity index (χ0v) is 12.0. The van der Waals surface area contributed by atoms with Crippen molar-refractivity contribution in [3.05, 3.63) is 58.1 Å². The van der Waals surface area contributed by atoms with Crippen molar-refractivity contribution in [1.29, 1.82) is 0 Å². The highest BCUT2D eigenvalue weighted by Gasteiger charge is 2.04. The van der Waals surface area contributed by atoms with Crippen LogP contribution in [0.15, 0.2) is 46.9 Å². The smallest absolute Gasteiger partial charge is 0.126 e. The van der Waals surface area contributed by atoms with Crippen molar-refractivity contribution in [3.8, 4) is 11.5 Å². The minimum Gasteiger partial charge on any atom is -0.496 e. The Balaban J connectivity index is 2.08. The fraction of sp³-hybridized carbons (Fsp3) is 0.200. The van der Waals surface area contributed by atoms with Gasteiger partial charge in [0.1, 0.15) is 18.1 Å². The Morgan fingerprint density at radius 3 is 2.44 bits per heavy atom. The van der Waals surface area contributed by atoms with Crippen LogP contribution in [0.25, 0.3) is 0 Å². The molecule has 0 fully saturated rings. The van der Waals surface area contributed by atoms with E-state index < -0.39 is 0 Å². The molecule has 0 heterocycles. The largest absolute Gasteiger partial charge is 0.496 e. The Morgan fingerprint density at radius 2 is 1.78 bits per heavy atom. The zero-order chi connectivity index (χ0) is 13.0. The molecule has 0 atom stereocenters. The fourth-order valence-corrected chi connectivity index (χ4v) is 1.97. The van der Waals surface area contributed by atoms with Gasteiger partial charge in [0.2, 0.25) is 0 Å². The maximum atomic E-state index is 5.73. The lowest BCUT2D eigenvalue weighted by atomic mass is 10.2. The van der Waals surface area contributed by atoms with Crippen molar-refractivity contribution in [1.82, 2.24) is 0 Å². The second-order valence-corrected chi connectivity index (χ2v) is 4.97. The molecule has 2 nitrogen and oxygen atoms in total. The van der Waals surface area contributed by atoms with Gasteiger partial charge in [-0.15, -0.1) is 0 Å². The van der Waals surface area contributed by atoms with Crippen LogP contribution in [-0.2, 0) is 6.61 Å². The second-order valence-electron chi connectivity index (χ2n) is 4.06. The molecule has 0 saturated carbocycles. The van der Waals surface area contributed by atoms with Crippen LogP contribution in [0.2, 0.25) is 0 Å². The molecule has 2 aromatic rings. The number of aryl methyl sites for hydroxylation is 1. The predicted octanol–water partition coefficient (Wildman–Crippen LogP) is 4.35. The van der Waals surface area contributed by atoms with Crippen molar-refractivity contribution in [3.63, 3.8) is 0 Å². The normalized spacial score (nSPS) is 10.2. The van der Waals surface area contributed by atoms with Crippen LogP contribution >= 0.6 is 15.9 Å². The summed E-state index contributed by atoms with van der Waals surface area (Å²) in [7, 11) is 1.66. The Kier molecular flexibility index (Phi) is 4.26. The minimum absolute atomic E-state index is 0.500. The number of ether oxygens (including phenoxy) is 2. The maximum absolute atomic E-state index is 5.73. The van der Waals surface area contributed by atoms with Crippen LogP contribution in [0.1, 0.15) is 11.1 Å². The fourth-order valence-electron chi connectivity index (χ4n) is 1.63. The first-order chi connectivity index (χ1) is 8.69. The van der Waals surface area contributed by atoms with Gasteiger partial charge >= 0.3 is 0 Å². The monoisotopic (exact) mass is 306 g/mol. The highest BCUT2D eigenvalue weighted by molar-refractivity contribution is 9.10. The third-order valence-electron chi connectivity index (χ3n) is 2.66. The lowest BCUT2D eigenvalue weighted by molar-refractivity contribution is 0.296. The molecule has 0 bridgehead atoms. The van der Waals surface area contributed by atoms with Crippen molar-refractivity contribution in [2.75, 3.05) is 7.11 Å². The average Bonchev–Trinajstić information content (AvgIpc) is 2.39. The molecule has 2 rings (SSSR count).